The smallest absolute Gasteiger partial charge is 0.404 e. The number of carbonyl (C=O) groups is 2. The predicted molar refractivity (Wildman–Crippen MR) is 190 cm³/mol. The molecular weight excluding hydrogens is 617 g/mol. The molecule has 4 fully saturated rings. The van der Waals surface area contributed by atoms with Crippen molar-refractivity contribution in [3.05, 3.63) is 66.0 Å². The summed E-state index contributed by atoms with van der Waals surface area (Å²) in [4.78, 5) is 38.5. The second kappa shape index (κ2) is 12.6. The van der Waals surface area contributed by atoms with Crippen molar-refractivity contribution in [2.75, 3.05) is 6.54 Å². The molecule has 1 unspecified atom stereocenters. The van der Waals surface area contributed by atoms with Crippen molar-refractivity contribution in [3.8, 4) is 0 Å². The van der Waals surface area contributed by atoms with Gasteiger partial charge in [0.15, 0.2) is 0 Å². The van der Waals surface area contributed by atoms with Gasteiger partial charge in [0.2, 0.25) is 5.60 Å². The van der Waals surface area contributed by atoms with E-state index >= 15 is 0 Å². The third-order valence-corrected chi connectivity index (χ3v) is 11.8. The van der Waals surface area contributed by atoms with Gasteiger partial charge in [0.05, 0.1) is 35.5 Å². The van der Waals surface area contributed by atoms with Crippen LogP contribution in [0.25, 0.3) is 11.0 Å². The van der Waals surface area contributed by atoms with Gasteiger partial charge in [0, 0.05) is 36.7 Å². The Hall–Kier alpha value is -3.70. The average molecular weight is 668 g/mol. The Morgan fingerprint density at radius 3 is 2.55 bits per heavy atom. The van der Waals surface area contributed by atoms with Gasteiger partial charge in [-0.15, -0.1) is 0 Å². The molecule has 8 rings (SSSR count). The van der Waals surface area contributed by atoms with Crippen LogP contribution in [0.4, 0.5) is 0 Å². The number of hydrogen-bond acceptors (Lipinski definition) is 7. The van der Waals surface area contributed by atoms with E-state index in [9.17, 15) is 9.59 Å². The van der Waals surface area contributed by atoms with Crippen LogP contribution < -0.4 is 10.6 Å². The molecule has 3 aliphatic carbocycles. The zero-order valence-corrected chi connectivity index (χ0v) is 29.9. The number of fused-ring (bicyclic) bond motifs is 1. The summed E-state index contributed by atoms with van der Waals surface area (Å²) >= 11 is 0. The lowest BCUT2D eigenvalue weighted by atomic mass is 9.43. The number of amides is 2. The molecule has 4 heterocycles. The fourth-order valence-corrected chi connectivity index (χ4v) is 8.93. The zero-order chi connectivity index (χ0) is 34.7. The van der Waals surface area contributed by atoms with Crippen LogP contribution in [0.3, 0.4) is 0 Å². The van der Waals surface area contributed by atoms with Crippen molar-refractivity contribution >= 4 is 35.7 Å². The topological polar surface area (TPSA) is 116 Å². The van der Waals surface area contributed by atoms with Gasteiger partial charge in [-0.05, 0) is 80.9 Å². The highest BCUT2D eigenvalue weighted by molar-refractivity contribution is 6.48. The highest BCUT2D eigenvalue weighted by Crippen LogP contribution is 2.65. The van der Waals surface area contributed by atoms with E-state index in [0.717, 1.165) is 23.0 Å². The van der Waals surface area contributed by atoms with Crippen molar-refractivity contribution in [3.63, 3.8) is 0 Å². The van der Waals surface area contributed by atoms with Crippen LogP contribution >= 0.6 is 0 Å². The van der Waals surface area contributed by atoms with Crippen LogP contribution in [0.2, 0.25) is 0 Å². The number of carbonyl (C=O) groups excluding carboxylic acids is 2. The van der Waals surface area contributed by atoms with Gasteiger partial charge in [0.1, 0.15) is 5.65 Å². The number of rotatable bonds is 11. The molecule has 0 spiro atoms. The summed E-state index contributed by atoms with van der Waals surface area (Å²) in [6.07, 6.45) is 7.04. The Balaban J connectivity index is 1.07. The number of aromatic nitrogens is 2. The Morgan fingerprint density at radius 2 is 1.84 bits per heavy atom. The normalized spacial score (nSPS) is 29.0. The summed E-state index contributed by atoms with van der Waals surface area (Å²) in [6.45, 7) is 15.5. The van der Waals surface area contributed by atoms with E-state index in [1.807, 2.05) is 47.2 Å². The van der Waals surface area contributed by atoms with E-state index < -0.39 is 12.7 Å². The number of pyridine rings is 1. The molecule has 3 aromatic rings. The molecule has 10 nitrogen and oxygen atoms in total. The predicted octanol–water partition coefficient (Wildman–Crippen LogP) is 5.90. The molecular formula is C38H50BN5O5. The van der Waals surface area contributed by atoms with E-state index in [-0.39, 0.29) is 53.9 Å². The lowest BCUT2D eigenvalue weighted by Gasteiger charge is -2.64. The molecule has 2 amide bonds. The number of nitrogens with one attached hydrogen (secondary N) is 2. The number of hydrogen-bond donors (Lipinski definition) is 2. The highest BCUT2D eigenvalue weighted by Gasteiger charge is 2.68. The van der Waals surface area contributed by atoms with Crippen LogP contribution in [-0.4, -0.2) is 64.0 Å². The van der Waals surface area contributed by atoms with Gasteiger partial charge >= 0.3 is 7.12 Å². The standard InChI is InChI=1S/C38H50BN5O5/c1-23(2)17-32(39-47-31-19-26-18-30(36(26,5)6)37(31,7)48-39)42-35(46)38(20-25-11-9-8-10-12-25)21-27(43-49-38)22-41-34(45)29-13-15-40-33-28(29)14-16-44(33)24(3)4/h8-16,23-24,26,30-32H,17-22H2,1-7H3,(H,41,45)(H,42,46)/t26-,30-,31+,32-,37-,38?/m0/s1. The van der Waals surface area contributed by atoms with Gasteiger partial charge in [-0.2, -0.15) is 0 Å². The van der Waals surface area contributed by atoms with E-state index in [2.05, 4.69) is 69.2 Å². The summed E-state index contributed by atoms with van der Waals surface area (Å²) in [5.74, 6) is 0.518. The van der Waals surface area contributed by atoms with Gasteiger partial charge in [0.25, 0.3) is 11.8 Å². The van der Waals surface area contributed by atoms with Gasteiger partial charge < -0.3 is 29.3 Å². The minimum absolute atomic E-state index is 0.0194. The van der Waals surface area contributed by atoms with Crippen LogP contribution in [0.1, 0.15) is 96.1 Å². The fraction of sp³-hybridized carbons (Fsp3) is 0.579. The van der Waals surface area contributed by atoms with Crippen LogP contribution in [0, 0.1) is 23.2 Å². The van der Waals surface area contributed by atoms with Gasteiger partial charge in [-0.1, -0.05) is 63.2 Å². The Labute approximate surface area is 289 Å². The van der Waals surface area contributed by atoms with Gasteiger partial charge in [-0.25, -0.2) is 4.98 Å². The van der Waals surface area contributed by atoms with Crippen LogP contribution in [-0.2, 0) is 25.4 Å². The monoisotopic (exact) mass is 667 g/mol. The lowest BCUT2D eigenvalue weighted by Crippen LogP contribution is -2.65. The second-order valence-corrected chi connectivity index (χ2v) is 16.2. The van der Waals surface area contributed by atoms with Crippen molar-refractivity contribution in [2.45, 2.75) is 110 Å². The first-order valence-corrected chi connectivity index (χ1v) is 18.0. The quantitative estimate of drug-likeness (QED) is 0.246. The first-order chi connectivity index (χ1) is 23.3. The molecule has 3 saturated carbocycles. The molecule has 2 aromatic heterocycles. The Kier molecular flexibility index (Phi) is 8.67. The molecule has 5 aliphatic rings. The molecule has 11 heteroatoms. The molecule has 260 valence electrons. The molecule has 2 aliphatic heterocycles. The highest BCUT2D eigenvalue weighted by atomic mass is 16.7. The molecule has 2 N–H and O–H groups in total. The van der Waals surface area contributed by atoms with Crippen LogP contribution in [0.5, 0.6) is 0 Å². The van der Waals surface area contributed by atoms with E-state index in [0.29, 0.717) is 41.9 Å². The summed E-state index contributed by atoms with van der Waals surface area (Å²) in [6, 6.07) is 13.7. The molecule has 0 radical (unpaired) electrons. The number of nitrogens with zero attached hydrogens (tertiary/aromatic N) is 3. The molecule has 49 heavy (non-hydrogen) atoms. The summed E-state index contributed by atoms with van der Waals surface area (Å²) in [5, 5.41) is 11.5. The first-order valence-electron chi connectivity index (χ1n) is 18.0. The second-order valence-electron chi connectivity index (χ2n) is 16.2. The van der Waals surface area contributed by atoms with E-state index in [1.165, 1.54) is 6.42 Å². The largest absolute Gasteiger partial charge is 0.481 e. The van der Waals surface area contributed by atoms with E-state index in [4.69, 9.17) is 14.1 Å². The van der Waals surface area contributed by atoms with Crippen molar-refractivity contribution in [1.82, 2.24) is 20.2 Å². The van der Waals surface area contributed by atoms with Crippen molar-refractivity contribution < 1.29 is 23.7 Å². The zero-order valence-electron chi connectivity index (χ0n) is 29.9. The SMILES string of the molecule is CC(C)C[C@H](NC(=O)C1(Cc2ccccc2)CC(CNC(=O)c2ccnc3c2ccn3C(C)C)=NO1)B1O[C@@H]2C[C@@H]3C[C@@H](C3(C)C)[C@]2(C)O1. The summed E-state index contributed by atoms with van der Waals surface area (Å²) < 4.78 is 15.5. The van der Waals surface area contributed by atoms with Crippen molar-refractivity contribution in [1.29, 1.82) is 0 Å². The average Bonchev–Trinajstić information content (AvgIpc) is 3.78. The maximum absolute atomic E-state index is 14.5. The molecule has 1 saturated heterocycles. The molecule has 6 atom stereocenters. The lowest BCUT2D eigenvalue weighted by molar-refractivity contribution is -0.199. The third kappa shape index (κ3) is 5.96. The van der Waals surface area contributed by atoms with E-state index in [1.54, 1.807) is 12.3 Å². The molecule has 1 aromatic carbocycles. The fourth-order valence-electron chi connectivity index (χ4n) is 8.93. The van der Waals surface area contributed by atoms with Crippen LogP contribution in [0.15, 0.2) is 60.0 Å². The maximum atomic E-state index is 14.5. The minimum Gasteiger partial charge on any atom is -0.404 e. The number of benzene rings is 1. The van der Waals surface area contributed by atoms with Crippen molar-refractivity contribution in [2.24, 2.45) is 28.3 Å². The molecule has 2 bridgehead atoms. The summed E-state index contributed by atoms with van der Waals surface area (Å²) in [5.41, 5.74) is 1.43. The minimum atomic E-state index is -1.28. The Bertz CT molecular complexity index is 1760. The Morgan fingerprint density at radius 1 is 1.06 bits per heavy atom. The maximum Gasteiger partial charge on any atom is 0.481 e. The number of oxime groups is 1. The first kappa shape index (κ1) is 33.8. The third-order valence-electron chi connectivity index (χ3n) is 11.8. The van der Waals surface area contributed by atoms with Gasteiger partial charge in [-0.3, -0.25) is 9.59 Å². The summed E-state index contributed by atoms with van der Waals surface area (Å²) in [7, 11) is -0.547.